The van der Waals surface area contributed by atoms with Crippen LogP contribution in [-0.4, -0.2) is 48.7 Å². The highest BCUT2D eigenvalue weighted by Crippen LogP contribution is 2.30. The summed E-state index contributed by atoms with van der Waals surface area (Å²) in [7, 11) is 3.93. The zero-order chi connectivity index (χ0) is 26.0. The Morgan fingerprint density at radius 1 is 0.889 bits per heavy atom. The highest BCUT2D eigenvalue weighted by molar-refractivity contribution is 5.77. The number of halogens is 5. The molecule has 2 aliphatic carbocycles. The predicted octanol–water partition coefficient (Wildman–Crippen LogP) is 4.04. The second-order valence-corrected chi connectivity index (χ2v) is 9.35. The first-order valence-electron chi connectivity index (χ1n) is 11.9. The van der Waals surface area contributed by atoms with E-state index in [0.29, 0.717) is 18.8 Å². The van der Waals surface area contributed by atoms with Gasteiger partial charge < -0.3 is 20.3 Å². The number of hydrogen-bond acceptors (Lipinski definition) is 6. The van der Waals surface area contributed by atoms with Crippen LogP contribution in [0.2, 0.25) is 0 Å². The van der Waals surface area contributed by atoms with Crippen molar-refractivity contribution in [2.24, 2.45) is 0 Å². The summed E-state index contributed by atoms with van der Waals surface area (Å²) in [5, 5.41) is 6.08. The van der Waals surface area contributed by atoms with Crippen LogP contribution in [0.1, 0.15) is 49.8 Å². The lowest BCUT2D eigenvalue weighted by Gasteiger charge is -2.30. The lowest BCUT2D eigenvalue weighted by Crippen LogP contribution is -2.42. The van der Waals surface area contributed by atoms with E-state index < -0.39 is 47.3 Å². The minimum Gasteiger partial charge on any atom is -0.477 e. The molecule has 12 heteroatoms. The third-order valence-electron chi connectivity index (χ3n) is 6.53. The lowest BCUT2D eigenvalue weighted by atomic mass is 9.91. The summed E-state index contributed by atoms with van der Waals surface area (Å²) in [5.74, 6) is -11.5. The molecule has 1 aromatic heterocycles. The molecular formula is C24H28F5N5O2. The first kappa shape index (κ1) is 25.9. The van der Waals surface area contributed by atoms with E-state index in [1.165, 1.54) is 5.56 Å². The second-order valence-electron chi connectivity index (χ2n) is 9.35. The standard InChI is InChI=1S/C24H28F5N5O2/c1-34(2)23-14-5-3-4-6-15(14)32-24(33-23)31-13-9-7-12(8-10-13)30-16(35)11-36-22-20(28)18(26)17(25)19(27)21(22)29/h12-13H,3-11H2,1-2H3,(H,30,35)(H,31,32,33). The molecule has 0 atom stereocenters. The quantitative estimate of drug-likeness (QED) is 0.331. The number of amides is 1. The zero-order valence-corrected chi connectivity index (χ0v) is 20.1. The van der Waals surface area contributed by atoms with E-state index in [2.05, 4.69) is 15.4 Å². The fraction of sp³-hybridized carbons (Fsp3) is 0.542. The summed E-state index contributed by atoms with van der Waals surface area (Å²) < 4.78 is 71.7. The maximum atomic E-state index is 13.7. The second kappa shape index (κ2) is 10.8. The Bertz CT molecular complexity index is 1110. The molecular weight excluding hydrogens is 485 g/mol. The highest BCUT2D eigenvalue weighted by atomic mass is 19.2. The first-order valence-corrected chi connectivity index (χ1v) is 11.9. The average Bonchev–Trinajstić information content (AvgIpc) is 2.87. The molecule has 0 unspecified atom stereocenters. The molecule has 0 aliphatic heterocycles. The number of aromatic nitrogens is 2. The number of rotatable bonds is 7. The monoisotopic (exact) mass is 513 g/mol. The van der Waals surface area contributed by atoms with E-state index in [9.17, 15) is 26.7 Å². The van der Waals surface area contributed by atoms with Gasteiger partial charge >= 0.3 is 0 Å². The molecule has 1 aromatic carbocycles. The minimum absolute atomic E-state index is 0.111. The van der Waals surface area contributed by atoms with Gasteiger partial charge in [-0.05, 0) is 51.4 Å². The molecule has 0 saturated heterocycles. The number of fused-ring (bicyclic) bond motifs is 1. The molecule has 0 bridgehead atoms. The van der Waals surface area contributed by atoms with E-state index in [1.807, 2.05) is 19.0 Å². The maximum absolute atomic E-state index is 13.7. The van der Waals surface area contributed by atoms with Crippen molar-refractivity contribution in [1.82, 2.24) is 15.3 Å². The van der Waals surface area contributed by atoms with Gasteiger partial charge in [0, 0.05) is 31.7 Å². The van der Waals surface area contributed by atoms with Gasteiger partial charge in [-0.2, -0.15) is 13.8 Å². The van der Waals surface area contributed by atoms with Gasteiger partial charge in [0.1, 0.15) is 5.82 Å². The maximum Gasteiger partial charge on any atom is 0.258 e. The Hall–Kier alpha value is -3.18. The Labute approximate surface area is 205 Å². The number of carbonyl (C=O) groups excluding carboxylic acids is 1. The van der Waals surface area contributed by atoms with Crippen molar-refractivity contribution in [3.8, 4) is 5.75 Å². The van der Waals surface area contributed by atoms with Crippen LogP contribution in [-0.2, 0) is 17.6 Å². The molecule has 0 radical (unpaired) electrons. The molecule has 2 aromatic rings. The van der Waals surface area contributed by atoms with Gasteiger partial charge in [0.25, 0.3) is 5.91 Å². The van der Waals surface area contributed by atoms with Gasteiger partial charge in [-0.3, -0.25) is 4.79 Å². The molecule has 4 rings (SSSR count). The number of benzene rings is 1. The summed E-state index contributed by atoms with van der Waals surface area (Å²) >= 11 is 0. The highest BCUT2D eigenvalue weighted by Gasteiger charge is 2.28. The molecule has 1 saturated carbocycles. The van der Waals surface area contributed by atoms with Gasteiger partial charge in [0.05, 0.1) is 5.69 Å². The van der Waals surface area contributed by atoms with Crippen molar-refractivity contribution in [2.45, 2.75) is 63.5 Å². The van der Waals surface area contributed by atoms with Crippen molar-refractivity contribution in [1.29, 1.82) is 0 Å². The SMILES string of the molecule is CN(C)c1nc(NC2CCC(NC(=O)COc3c(F)c(F)c(F)c(F)c3F)CC2)nc2c1CCCC2. The van der Waals surface area contributed by atoms with Crippen LogP contribution >= 0.6 is 0 Å². The summed E-state index contributed by atoms with van der Waals surface area (Å²) in [6, 6.07) is -0.100. The summed E-state index contributed by atoms with van der Waals surface area (Å²) in [4.78, 5) is 23.6. The van der Waals surface area contributed by atoms with Crippen LogP contribution in [0.5, 0.6) is 5.75 Å². The number of nitrogens with zero attached hydrogens (tertiary/aromatic N) is 3. The van der Waals surface area contributed by atoms with E-state index in [1.54, 1.807) is 0 Å². The van der Waals surface area contributed by atoms with Crippen LogP contribution in [0.25, 0.3) is 0 Å². The molecule has 7 nitrogen and oxygen atoms in total. The normalized spacial score (nSPS) is 19.4. The third kappa shape index (κ3) is 5.46. The topological polar surface area (TPSA) is 79.4 Å². The van der Waals surface area contributed by atoms with Crippen LogP contribution in [0, 0.1) is 29.1 Å². The van der Waals surface area contributed by atoms with Crippen molar-refractivity contribution in [3.63, 3.8) is 0 Å². The number of hydrogen-bond donors (Lipinski definition) is 2. The van der Waals surface area contributed by atoms with Crippen LogP contribution in [0.3, 0.4) is 0 Å². The zero-order valence-electron chi connectivity index (χ0n) is 20.1. The molecule has 1 heterocycles. The molecule has 1 amide bonds. The third-order valence-corrected chi connectivity index (χ3v) is 6.53. The Balaban J connectivity index is 1.29. The molecule has 0 spiro atoms. The van der Waals surface area contributed by atoms with E-state index in [-0.39, 0.29) is 12.1 Å². The Morgan fingerprint density at radius 2 is 1.47 bits per heavy atom. The van der Waals surface area contributed by atoms with Crippen molar-refractivity contribution in [2.75, 3.05) is 30.9 Å². The fourth-order valence-electron chi connectivity index (χ4n) is 4.69. The van der Waals surface area contributed by atoms with Crippen molar-refractivity contribution >= 4 is 17.7 Å². The number of anilines is 2. The smallest absolute Gasteiger partial charge is 0.258 e. The van der Waals surface area contributed by atoms with E-state index in [4.69, 9.17) is 9.97 Å². The number of nitrogens with one attached hydrogen (secondary N) is 2. The lowest BCUT2D eigenvalue weighted by molar-refractivity contribution is -0.124. The van der Waals surface area contributed by atoms with Gasteiger partial charge in [0.15, 0.2) is 12.4 Å². The van der Waals surface area contributed by atoms with Crippen molar-refractivity contribution in [3.05, 3.63) is 40.3 Å². The van der Waals surface area contributed by atoms with Gasteiger partial charge in [-0.25, -0.2) is 18.2 Å². The molecule has 2 N–H and O–H groups in total. The largest absolute Gasteiger partial charge is 0.477 e. The van der Waals surface area contributed by atoms with E-state index >= 15 is 0 Å². The summed E-state index contributed by atoms with van der Waals surface area (Å²) in [6.45, 7) is -0.882. The first-order chi connectivity index (χ1) is 17.2. The molecule has 2 aliphatic rings. The number of aryl methyl sites for hydroxylation is 1. The van der Waals surface area contributed by atoms with Gasteiger partial charge in [0.2, 0.25) is 35.0 Å². The van der Waals surface area contributed by atoms with Crippen molar-refractivity contribution < 1.29 is 31.5 Å². The summed E-state index contributed by atoms with van der Waals surface area (Å²) in [5.41, 5.74) is 2.29. The van der Waals surface area contributed by atoms with Gasteiger partial charge in [-0.1, -0.05) is 0 Å². The van der Waals surface area contributed by atoms with Crippen LogP contribution < -0.4 is 20.3 Å². The van der Waals surface area contributed by atoms with Crippen LogP contribution in [0.15, 0.2) is 0 Å². The molecule has 1 fully saturated rings. The van der Waals surface area contributed by atoms with Gasteiger partial charge in [-0.15, -0.1) is 0 Å². The molecule has 196 valence electrons. The Kier molecular flexibility index (Phi) is 7.79. The van der Waals surface area contributed by atoms with E-state index in [0.717, 1.165) is 50.0 Å². The van der Waals surface area contributed by atoms with Crippen LogP contribution in [0.4, 0.5) is 33.7 Å². The minimum atomic E-state index is -2.29. The summed E-state index contributed by atoms with van der Waals surface area (Å²) in [6.07, 6.45) is 6.83. The number of ether oxygens (including phenoxy) is 1. The average molecular weight is 514 g/mol. The number of carbonyl (C=O) groups is 1. The fourth-order valence-corrected chi connectivity index (χ4v) is 4.69. The molecule has 36 heavy (non-hydrogen) atoms. The Morgan fingerprint density at radius 3 is 2.11 bits per heavy atom. The predicted molar refractivity (Wildman–Crippen MR) is 123 cm³/mol.